The standard InChI is InChI=1S/C12H18N5O5P/c1-2-21-23(19,20)8-4-3-7(22-8)5-17-6-14-9-10(17)15-12(13)16-11(9)18/h6-8H,2-5H2,1H3,(H,19,20)(H3,13,15,16,18)/t7-,8+/m0/s1. The highest BCUT2D eigenvalue weighted by molar-refractivity contribution is 7.53. The Kier molecular flexibility index (Phi) is 4.24. The summed E-state index contributed by atoms with van der Waals surface area (Å²) in [6.07, 6.45) is 2.21. The molecule has 4 N–H and O–H groups in total. The highest BCUT2D eigenvalue weighted by atomic mass is 31.2. The maximum Gasteiger partial charge on any atom is 0.356 e. The van der Waals surface area contributed by atoms with Crippen LogP contribution >= 0.6 is 7.60 Å². The Morgan fingerprint density at radius 3 is 3.13 bits per heavy atom. The van der Waals surface area contributed by atoms with Crippen LogP contribution in [0.1, 0.15) is 19.8 Å². The summed E-state index contributed by atoms with van der Waals surface area (Å²) < 4.78 is 24.2. The lowest BCUT2D eigenvalue weighted by Gasteiger charge is -2.18. The molecule has 0 spiro atoms. The van der Waals surface area contributed by atoms with Crippen molar-refractivity contribution in [3.05, 3.63) is 16.7 Å². The highest BCUT2D eigenvalue weighted by Gasteiger charge is 2.40. The zero-order valence-electron chi connectivity index (χ0n) is 12.5. The number of aromatic amines is 1. The van der Waals surface area contributed by atoms with E-state index in [1.165, 1.54) is 6.33 Å². The van der Waals surface area contributed by atoms with E-state index in [-0.39, 0.29) is 24.2 Å². The summed E-state index contributed by atoms with van der Waals surface area (Å²) in [7, 11) is -3.77. The SMILES string of the molecule is CCOP(=O)(O)[C@@H]1CC[C@@H](Cn2cnc3c(=O)[nH]c(N)nc32)O1. The molecule has 0 bridgehead atoms. The largest absolute Gasteiger partial charge is 0.369 e. The Morgan fingerprint density at radius 1 is 1.61 bits per heavy atom. The normalized spacial score (nSPS) is 24.1. The molecule has 1 unspecified atom stereocenters. The van der Waals surface area contributed by atoms with Crippen molar-refractivity contribution in [3.8, 4) is 0 Å². The summed E-state index contributed by atoms with van der Waals surface area (Å²) in [4.78, 5) is 32.0. The first kappa shape index (κ1) is 16.1. The first-order valence-corrected chi connectivity index (χ1v) is 8.88. The minimum Gasteiger partial charge on any atom is -0.369 e. The Bertz CT molecular complexity index is 818. The molecule has 1 fully saturated rings. The molecule has 23 heavy (non-hydrogen) atoms. The first-order chi connectivity index (χ1) is 10.9. The van der Waals surface area contributed by atoms with Crippen LogP contribution in [-0.2, 0) is 20.4 Å². The van der Waals surface area contributed by atoms with Crippen molar-refractivity contribution in [1.82, 2.24) is 19.5 Å². The third kappa shape index (κ3) is 3.16. The van der Waals surface area contributed by atoms with Crippen LogP contribution in [0.15, 0.2) is 11.1 Å². The second-order valence-electron chi connectivity index (χ2n) is 5.29. The number of nitrogen functional groups attached to an aromatic ring is 1. The van der Waals surface area contributed by atoms with Gasteiger partial charge >= 0.3 is 7.60 Å². The van der Waals surface area contributed by atoms with Crippen LogP contribution in [0.3, 0.4) is 0 Å². The van der Waals surface area contributed by atoms with Gasteiger partial charge in [-0.2, -0.15) is 4.98 Å². The van der Waals surface area contributed by atoms with Crippen molar-refractivity contribution in [1.29, 1.82) is 0 Å². The fraction of sp³-hybridized carbons (Fsp3) is 0.583. The monoisotopic (exact) mass is 343 g/mol. The third-order valence-electron chi connectivity index (χ3n) is 3.66. The lowest BCUT2D eigenvalue weighted by atomic mass is 10.2. The van der Waals surface area contributed by atoms with Crippen LogP contribution in [0.25, 0.3) is 11.2 Å². The number of anilines is 1. The Labute approximate surface area is 131 Å². The van der Waals surface area contributed by atoms with Gasteiger partial charge < -0.3 is 24.5 Å². The molecule has 0 saturated carbocycles. The van der Waals surface area contributed by atoms with Crippen LogP contribution in [0, 0.1) is 0 Å². The number of hydrogen-bond donors (Lipinski definition) is 3. The molecule has 126 valence electrons. The summed E-state index contributed by atoms with van der Waals surface area (Å²) in [6, 6.07) is 0. The molecule has 1 aliphatic rings. The van der Waals surface area contributed by atoms with Gasteiger partial charge in [0.25, 0.3) is 5.56 Å². The fourth-order valence-corrected chi connectivity index (χ4v) is 3.99. The molecular formula is C12H18N5O5P. The molecule has 1 saturated heterocycles. The van der Waals surface area contributed by atoms with Crippen molar-refractivity contribution >= 4 is 24.7 Å². The maximum atomic E-state index is 12.0. The van der Waals surface area contributed by atoms with Crippen molar-refractivity contribution in [2.45, 2.75) is 38.3 Å². The molecule has 0 aromatic carbocycles. The number of fused-ring (bicyclic) bond motifs is 1. The molecule has 3 rings (SSSR count). The van der Waals surface area contributed by atoms with E-state index in [4.69, 9.17) is 15.0 Å². The topological polar surface area (TPSA) is 145 Å². The number of H-pyrrole nitrogens is 1. The molecule has 3 atom stereocenters. The van der Waals surface area contributed by atoms with Gasteiger partial charge in [0.1, 0.15) is 0 Å². The predicted molar refractivity (Wildman–Crippen MR) is 81.9 cm³/mol. The number of nitrogens with one attached hydrogen (secondary N) is 1. The number of imidazole rings is 1. The van der Waals surface area contributed by atoms with Crippen LogP contribution in [0.4, 0.5) is 5.95 Å². The molecule has 3 heterocycles. The van der Waals surface area contributed by atoms with E-state index in [2.05, 4.69) is 15.0 Å². The highest BCUT2D eigenvalue weighted by Crippen LogP contribution is 2.52. The van der Waals surface area contributed by atoms with Crippen LogP contribution in [0.2, 0.25) is 0 Å². The van der Waals surface area contributed by atoms with Crippen LogP contribution < -0.4 is 11.3 Å². The van der Waals surface area contributed by atoms with Crippen molar-refractivity contribution in [2.24, 2.45) is 0 Å². The summed E-state index contributed by atoms with van der Waals surface area (Å²) in [5.74, 6) is -0.825. The summed E-state index contributed by atoms with van der Waals surface area (Å²) in [6.45, 7) is 2.16. The van der Waals surface area contributed by atoms with Gasteiger partial charge in [-0.1, -0.05) is 0 Å². The van der Waals surface area contributed by atoms with Gasteiger partial charge in [0.2, 0.25) is 5.95 Å². The smallest absolute Gasteiger partial charge is 0.356 e. The van der Waals surface area contributed by atoms with Gasteiger partial charge in [0.15, 0.2) is 17.0 Å². The van der Waals surface area contributed by atoms with E-state index in [0.717, 1.165) is 0 Å². The van der Waals surface area contributed by atoms with E-state index >= 15 is 0 Å². The molecule has 1 aliphatic heterocycles. The fourth-order valence-electron chi connectivity index (χ4n) is 2.65. The van der Waals surface area contributed by atoms with E-state index in [1.54, 1.807) is 11.5 Å². The second kappa shape index (κ2) is 6.04. The molecule has 0 amide bonds. The minimum absolute atomic E-state index is 0.00525. The van der Waals surface area contributed by atoms with Gasteiger partial charge in [-0.05, 0) is 19.8 Å². The Balaban J connectivity index is 1.77. The lowest BCUT2D eigenvalue weighted by Crippen LogP contribution is -2.19. The molecule has 10 nitrogen and oxygen atoms in total. The molecular weight excluding hydrogens is 325 g/mol. The van der Waals surface area contributed by atoms with Crippen LogP contribution in [0.5, 0.6) is 0 Å². The number of ether oxygens (including phenoxy) is 1. The minimum atomic E-state index is -3.77. The summed E-state index contributed by atoms with van der Waals surface area (Å²) in [5.41, 5.74) is 5.69. The predicted octanol–water partition coefficient (Wildman–Crippen LogP) is 0.429. The van der Waals surface area contributed by atoms with Crippen molar-refractivity contribution in [2.75, 3.05) is 12.3 Å². The second-order valence-corrected chi connectivity index (χ2v) is 7.25. The molecule has 0 radical (unpaired) electrons. The third-order valence-corrected chi connectivity index (χ3v) is 5.39. The van der Waals surface area contributed by atoms with Gasteiger partial charge in [0.05, 0.1) is 25.6 Å². The van der Waals surface area contributed by atoms with Crippen molar-refractivity contribution < 1.29 is 18.7 Å². The van der Waals surface area contributed by atoms with Gasteiger partial charge in [0, 0.05) is 0 Å². The van der Waals surface area contributed by atoms with E-state index in [9.17, 15) is 14.3 Å². The number of nitrogens with zero attached hydrogens (tertiary/aromatic N) is 3. The first-order valence-electron chi connectivity index (χ1n) is 7.24. The summed E-state index contributed by atoms with van der Waals surface area (Å²) in [5, 5.41) is 0. The Hall–Kier alpha value is -1.74. The lowest BCUT2D eigenvalue weighted by molar-refractivity contribution is 0.0575. The molecule has 0 aliphatic carbocycles. The van der Waals surface area contributed by atoms with E-state index in [0.29, 0.717) is 25.0 Å². The number of rotatable bonds is 5. The average Bonchev–Trinajstić information content (AvgIpc) is 3.08. The van der Waals surface area contributed by atoms with Crippen LogP contribution in [-0.4, -0.2) is 43.0 Å². The van der Waals surface area contributed by atoms with E-state index < -0.39 is 19.0 Å². The summed E-state index contributed by atoms with van der Waals surface area (Å²) >= 11 is 0. The Morgan fingerprint density at radius 2 is 2.39 bits per heavy atom. The zero-order chi connectivity index (χ0) is 16.6. The van der Waals surface area contributed by atoms with Gasteiger partial charge in [-0.25, -0.2) is 4.98 Å². The zero-order valence-corrected chi connectivity index (χ0v) is 13.4. The number of aromatic nitrogens is 4. The quantitative estimate of drug-likeness (QED) is 0.663. The maximum absolute atomic E-state index is 12.0. The molecule has 2 aromatic rings. The number of hydrogen-bond acceptors (Lipinski definition) is 7. The number of nitrogens with two attached hydrogens (primary N) is 1. The van der Waals surface area contributed by atoms with Crippen molar-refractivity contribution in [3.63, 3.8) is 0 Å². The average molecular weight is 343 g/mol. The van der Waals surface area contributed by atoms with Gasteiger partial charge in [-0.15, -0.1) is 0 Å². The molecule has 11 heteroatoms. The van der Waals surface area contributed by atoms with E-state index in [1.807, 2.05) is 0 Å². The van der Waals surface area contributed by atoms with Gasteiger partial charge in [-0.3, -0.25) is 14.3 Å². The molecule has 2 aromatic heterocycles.